The molecule has 5 saturated heterocycles. The molecule has 0 aromatic rings. The van der Waals surface area contributed by atoms with Crippen LogP contribution in [0.4, 0.5) is 0 Å². The number of nitrogens with zero attached hydrogens (tertiary/aromatic N) is 5. The van der Waals surface area contributed by atoms with Crippen molar-refractivity contribution in [2.45, 2.75) is 139 Å². The van der Waals surface area contributed by atoms with Crippen LogP contribution in [-0.4, -0.2) is 226 Å². The molecule has 0 spiro atoms. The summed E-state index contributed by atoms with van der Waals surface area (Å²) >= 11 is 0. The van der Waals surface area contributed by atoms with Crippen LogP contribution in [0.2, 0.25) is 0 Å². The van der Waals surface area contributed by atoms with Gasteiger partial charge in [0.05, 0.1) is 81.9 Å². The first kappa shape index (κ1) is 74.7. The van der Waals surface area contributed by atoms with Crippen molar-refractivity contribution >= 4 is 67.2 Å². The Morgan fingerprint density at radius 3 is 1.20 bits per heavy atom. The molecule has 5 aliphatic heterocycles. The monoisotopic (exact) mass is 1200 g/mol. The van der Waals surface area contributed by atoms with Gasteiger partial charge in [0.2, 0.25) is 29.5 Å². The molecule has 8 atom stereocenters. The van der Waals surface area contributed by atoms with Gasteiger partial charge in [-0.1, -0.05) is 47.0 Å². The Balaban J connectivity index is 0.000000514. The number of phosphoric ester groups is 1. The topological polar surface area (TPSA) is 360 Å². The van der Waals surface area contributed by atoms with Crippen molar-refractivity contribution in [1.29, 1.82) is 0 Å². The van der Waals surface area contributed by atoms with Crippen molar-refractivity contribution in [2.24, 2.45) is 41.4 Å². The van der Waals surface area contributed by atoms with Crippen molar-refractivity contribution in [3.8, 4) is 0 Å². The second kappa shape index (κ2) is 39.3. The van der Waals surface area contributed by atoms with E-state index in [1.165, 1.54) is 29.1 Å². The van der Waals surface area contributed by atoms with Gasteiger partial charge in [0.1, 0.15) is 0 Å². The number of carbonyl (C=O) groups excluding carboxylic acids is 10. The van der Waals surface area contributed by atoms with Crippen LogP contribution in [0.1, 0.15) is 127 Å². The van der Waals surface area contributed by atoms with Gasteiger partial charge < -0.3 is 73.3 Å². The second-order valence-electron chi connectivity index (χ2n) is 20.7. The third kappa shape index (κ3) is 27.8. The van der Waals surface area contributed by atoms with Gasteiger partial charge in [-0.2, -0.15) is 0 Å². The predicted octanol–water partition coefficient (Wildman–Crippen LogP) is 1.66. The van der Waals surface area contributed by atoms with Crippen LogP contribution in [0.15, 0.2) is 0 Å². The molecule has 5 rings (SSSR count). The summed E-state index contributed by atoms with van der Waals surface area (Å²) in [4.78, 5) is 139. The highest BCUT2D eigenvalue weighted by Crippen LogP contribution is 2.35. The molecule has 5 amide bonds. The van der Waals surface area contributed by atoms with Crippen molar-refractivity contribution in [3.63, 3.8) is 0 Å². The Kier molecular flexibility index (Phi) is 35.8. The van der Waals surface area contributed by atoms with Gasteiger partial charge in [0.25, 0.3) is 0 Å². The molecule has 0 aliphatic carbocycles. The van der Waals surface area contributed by atoms with Crippen LogP contribution < -0.4 is 0 Å². The number of phosphoric acid groups is 1. The smallest absolute Gasteiger partial charge is 0.466 e. The molecular weight excluding hydrogens is 1100 g/mol. The van der Waals surface area contributed by atoms with E-state index in [4.69, 9.17) is 43.7 Å². The Bertz CT molecular complexity index is 2040. The number of esters is 5. The van der Waals surface area contributed by atoms with Gasteiger partial charge in [-0.25, -0.2) is 4.57 Å². The summed E-state index contributed by atoms with van der Waals surface area (Å²) in [6.45, 7) is 23.2. The molecule has 5 fully saturated rings. The number of carbonyl (C=O) groups is 10. The zero-order valence-electron chi connectivity index (χ0n) is 49.7. The molecule has 82 heavy (non-hydrogen) atoms. The van der Waals surface area contributed by atoms with Crippen molar-refractivity contribution in [1.82, 2.24) is 24.5 Å². The van der Waals surface area contributed by atoms with Crippen LogP contribution in [0, 0.1) is 41.4 Å². The largest absolute Gasteiger partial charge is 0.469 e. The molecule has 5 heterocycles. The quantitative estimate of drug-likeness (QED) is 0.0467. The van der Waals surface area contributed by atoms with Crippen molar-refractivity contribution < 1.29 is 106 Å². The maximum Gasteiger partial charge on any atom is 0.469 e. The molecule has 0 saturated carbocycles. The van der Waals surface area contributed by atoms with E-state index >= 15 is 0 Å². The first-order chi connectivity index (χ1) is 38.6. The number of aliphatic hydroxyl groups excluding tert-OH is 3. The third-order valence-corrected chi connectivity index (χ3v) is 13.9. The molecule has 0 aromatic heterocycles. The zero-order chi connectivity index (χ0) is 62.3. The zero-order valence-corrected chi connectivity index (χ0v) is 50.6. The minimum atomic E-state index is -4.52. The van der Waals surface area contributed by atoms with Gasteiger partial charge in [-0.3, -0.25) is 52.5 Å². The van der Waals surface area contributed by atoms with Gasteiger partial charge in [-0.15, -0.1) is 0 Å². The highest BCUT2D eigenvalue weighted by atomic mass is 31.2. The fourth-order valence-electron chi connectivity index (χ4n) is 9.30. The number of ether oxygens (including phenoxy) is 5. The number of aliphatic hydroxyl groups is 3. The lowest BCUT2D eigenvalue weighted by atomic mass is 9.99. The molecule has 28 heteroatoms. The fourth-order valence-corrected chi connectivity index (χ4v) is 9.62. The molecule has 472 valence electrons. The summed E-state index contributed by atoms with van der Waals surface area (Å²) in [6, 6.07) is 0. The number of unbranched alkanes of at least 4 members (excludes halogenated alkanes) is 1. The number of hydrogen-bond acceptors (Lipinski definition) is 20. The lowest BCUT2D eigenvalue weighted by molar-refractivity contribution is -0.148. The predicted molar refractivity (Wildman–Crippen MR) is 293 cm³/mol. The third-order valence-electron chi connectivity index (χ3n) is 13.4. The van der Waals surface area contributed by atoms with E-state index in [-0.39, 0.29) is 130 Å². The number of rotatable bonds is 26. The van der Waals surface area contributed by atoms with Crippen molar-refractivity contribution in [3.05, 3.63) is 0 Å². The van der Waals surface area contributed by atoms with Gasteiger partial charge >= 0.3 is 37.7 Å². The average Bonchev–Trinajstić information content (AvgIpc) is 4.26. The second-order valence-corrected chi connectivity index (χ2v) is 21.9. The van der Waals surface area contributed by atoms with E-state index in [0.29, 0.717) is 64.1 Å². The molecule has 5 aliphatic rings. The van der Waals surface area contributed by atoms with Crippen LogP contribution in [0.5, 0.6) is 0 Å². The van der Waals surface area contributed by atoms with Crippen molar-refractivity contribution in [2.75, 3.05) is 105 Å². The lowest BCUT2D eigenvalue weighted by Crippen LogP contribution is -2.39. The van der Waals surface area contributed by atoms with Gasteiger partial charge in [-0.05, 0) is 59.8 Å². The van der Waals surface area contributed by atoms with Crippen LogP contribution in [0.25, 0.3) is 0 Å². The summed E-state index contributed by atoms with van der Waals surface area (Å²) in [5, 5.41) is 27.1. The normalized spacial score (nSPS) is 21.5. The SMILES string of the molecule is CCCCC(CC)CN1CC(C(=O)OCC)CC1=O.CCOC(=O)C1CC(=O)N(C(O)CO)C1.CCOC(=O)C1CC(=O)N(CC(C)C)C1.CCOC(=O)C1CC(=O)N(CC(C)O)C1.CCOC(=O)C1CC(=O)N(CCOP(=O)(O)O)C1. The Morgan fingerprint density at radius 1 is 0.524 bits per heavy atom. The number of hydrogen-bond donors (Lipinski definition) is 5. The van der Waals surface area contributed by atoms with Gasteiger partial charge in [0.15, 0.2) is 6.23 Å². The minimum absolute atomic E-state index is 0.0376. The Labute approximate surface area is 482 Å². The van der Waals surface area contributed by atoms with Crippen LogP contribution >= 0.6 is 7.82 Å². The summed E-state index contributed by atoms with van der Waals surface area (Å²) in [7, 11) is -4.52. The first-order valence-electron chi connectivity index (χ1n) is 28.5. The maximum absolute atomic E-state index is 11.9. The van der Waals surface area contributed by atoms with E-state index in [9.17, 15) is 57.6 Å². The molecule has 8 unspecified atom stereocenters. The molecule has 27 nitrogen and oxygen atoms in total. The summed E-state index contributed by atoms with van der Waals surface area (Å²) in [6.07, 6.45) is 3.81. The number of amides is 5. The van der Waals surface area contributed by atoms with Crippen LogP contribution in [0.3, 0.4) is 0 Å². The molecule has 0 aromatic carbocycles. The molecule has 0 radical (unpaired) electrons. The highest BCUT2D eigenvalue weighted by molar-refractivity contribution is 7.46. The average molecular weight is 1200 g/mol. The van der Waals surface area contributed by atoms with Gasteiger partial charge in [0, 0.05) is 91.0 Å². The van der Waals surface area contributed by atoms with E-state index < -0.39 is 50.5 Å². The van der Waals surface area contributed by atoms with Crippen LogP contribution in [-0.2, 0) is 80.7 Å². The van der Waals surface area contributed by atoms with E-state index in [2.05, 4.69) is 32.2 Å². The fraction of sp³-hybridized carbons (Fsp3) is 0.815. The van der Waals surface area contributed by atoms with E-state index in [1.54, 1.807) is 46.4 Å². The highest BCUT2D eigenvalue weighted by Gasteiger charge is 2.40. The Morgan fingerprint density at radius 2 is 0.866 bits per heavy atom. The van der Waals surface area contributed by atoms with E-state index in [1.807, 2.05) is 4.90 Å². The molecule has 0 bridgehead atoms. The molecular formula is C54H94N5O22P. The summed E-state index contributed by atoms with van der Waals surface area (Å²) in [5.41, 5.74) is 0. The first-order valence-corrected chi connectivity index (χ1v) is 30.1. The number of likely N-dealkylation sites (tertiary alicyclic amines) is 5. The summed E-state index contributed by atoms with van der Waals surface area (Å²) < 4.78 is 39.0. The number of β-amino-alcohol motifs (C(OH)–C–C–N with tert-alkyl or cyclic N) is 1. The lowest BCUT2D eigenvalue weighted by Gasteiger charge is -2.23. The standard InChI is InChI=1S/C15H27NO3.C11H19NO3.C10H17NO4.C9H16NO7P.C9H15NO5/c1-4-7-8-12(5-2)10-16-11-13(9-14(16)17)15(18)19-6-3;1-4-15-11(14)9-5-10(13)12(7-9)6-8(2)3;1-3-15-10(14)8-4-9(13)11(6-8)5-7(2)12;1-2-16-9(12)7-5-8(11)10(6-7)3-4-17-18(13,14)15;1-2-15-9(14)6-3-7(12)10(4-6)8(13)5-11/h12-13H,4-11H2,1-3H3;8-9H,4-7H2,1-3H3;7-8,12H,3-6H2,1-2H3;7H,2-6H2,1H3,(H2,13,14,15);6,8,11,13H,2-5H2,1H3. The van der Waals surface area contributed by atoms with E-state index in [0.717, 1.165) is 24.4 Å². The Hall–Kier alpha value is -5.31. The molecule has 5 N–H and O–H groups in total. The summed E-state index contributed by atoms with van der Waals surface area (Å²) in [5.74, 6) is -3.05. The maximum atomic E-state index is 11.9. The minimum Gasteiger partial charge on any atom is -0.466 e.